The van der Waals surface area contributed by atoms with Gasteiger partial charge >= 0.3 is 12.1 Å². The number of hydrogen-bond donors (Lipinski definition) is 0. The number of unbranched alkanes of at least 4 members (excludes halogenated alkanes) is 1. The molecule has 1 aromatic rings. The summed E-state index contributed by atoms with van der Waals surface area (Å²) >= 11 is 0. The Balaban J connectivity index is 1.66. The van der Waals surface area contributed by atoms with Gasteiger partial charge in [-0.1, -0.05) is 19.8 Å². The van der Waals surface area contributed by atoms with Gasteiger partial charge in [0.1, 0.15) is 11.9 Å². The summed E-state index contributed by atoms with van der Waals surface area (Å²) in [6.07, 6.45) is 5.63. The number of benzene rings is 1. The molecule has 0 N–H and O–H groups in total. The second kappa shape index (κ2) is 10.6. The van der Waals surface area contributed by atoms with Gasteiger partial charge in [0.05, 0.1) is 17.2 Å². The van der Waals surface area contributed by atoms with Crippen molar-refractivity contribution in [2.45, 2.75) is 58.0 Å². The summed E-state index contributed by atoms with van der Waals surface area (Å²) in [7, 11) is 0. The van der Waals surface area contributed by atoms with Crippen LogP contribution in [-0.4, -0.2) is 24.8 Å². The van der Waals surface area contributed by atoms with E-state index in [9.17, 15) is 9.59 Å². The van der Waals surface area contributed by atoms with Crippen molar-refractivity contribution in [1.29, 1.82) is 0 Å². The van der Waals surface area contributed by atoms with Crippen molar-refractivity contribution in [1.82, 2.24) is 0 Å². The molecule has 1 aliphatic rings. The predicted octanol–water partition coefficient (Wildman–Crippen LogP) is 4.35. The van der Waals surface area contributed by atoms with E-state index in [1.54, 1.807) is 12.1 Å². The Kier molecular flexibility index (Phi) is 8.04. The summed E-state index contributed by atoms with van der Waals surface area (Å²) in [5, 5.41) is 4.21. The van der Waals surface area contributed by atoms with Crippen molar-refractivity contribution in [3.05, 3.63) is 29.8 Å². The molecule has 0 spiro atoms. The minimum Gasteiger partial charge on any atom is -0.494 e. The lowest BCUT2D eigenvalue weighted by atomic mass is 9.98. The Morgan fingerprint density at radius 1 is 1.04 bits per heavy atom. The van der Waals surface area contributed by atoms with Gasteiger partial charge < -0.3 is 9.47 Å². The van der Waals surface area contributed by atoms with E-state index >= 15 is 0 Å². The standard InChI is InChI=1S/C18H24O7/c1-2-3-13-21-15-11-9-14(10-12-15)17(19)23-25-24-18(20)22-16-7-5-4-6-8-16/h9-12,16H,2-8,13H2,1H3. The van der Waals surface area contributed by atoms with Crippen molar-refractivity contribution in [2.75, 3.05) is 6.61 Å². The second-order valence-electron chi connectivity index (χ2n) is 5.88. The third kappa shape index (κ3) is 7.01. The van der Waals surface area contributed by atoms with Crippen LogP contribution in [0.3, 0.4) is 0 Å². The third-order valence-electron chi connectivity index (χ3n) is 3.88. The van der Waals surface area contributed by atoms with E-state index in [1.807, 2.05) is 0 Å². The molecule has 1 fully saturated rings. The number of carbonyl (C=O) groups excluding carboxylic acids is 2. The molecule has 0 unspecified atom stereocenters. The Morgan fingerprint density at radius 3 is 2.44 bits per heavy atom. The first-order valence-electron chi connectivity index (χ1n) is 8.68. The summed E-state index contributed by atoms with van der Waals surface area (Å²) in [4.78, 5) is 31.9. The first-order valence-corrected chi connectivity index (χ1v) is 8.68. The monoisotopic (exact) mass is 352 g/mol. The highest BCUT2D eigenvalue weighted by Crippen LogP contribution is 2.20. The fourth-order valence-electron chi connectivity index (χ4n) is 2.48. The molecule has 1 aromatic carbocycles. The molecule has 0 heterocycles. The first kappa shape index (κ1) is 19.1. The molecule has 0 radical (unpaired) electrons. The molecule has 25 heavy (non-hydrogen) atoms. The zero-order valence-corrected chi connectivity index (χ0v) is 14.4. The lowest BCUT2D eigenvalue weighted by Gasteiger charge is -2.20. The quantitative estimate of drug-likeness (QED) is 0.298. The van der Waals surface area contributed by atoms with Gasteiger partial charge in [0.15, 0.2) is 0 Å². The second-order valence-corrected chi connectivity index (χ2v) is 5.88. The molecule has 0 bridgehead atoms. The summed E-state index contributed by atoms with van der Waals surface area (Å²) in [6.45, 7) is 2.70. The van der Waals surface area contributed by atoms with Crippen LogP contribution in [0.1, 0.15) is 62.2 Å². The predicted molar refractivity (Wildman–Crippen MR) is 87.8 cm³/mol. The molecule has 2 rings (SSSR count). The van der Waals surface area contributed by atoms with Gasteiger partial charge in [-0.05, 0) is 56.4 Å². The highest BCUT2D eigenvalue weighted by atomic mass is 17.5. The average molecular weight is 352 g/mol. The van der Waals surface area contributed by atoms with Crippen LogP contribution in [-0.2, 0) is 19.6 Å². The molecule has 1 saturated carbocycles. The topological polar surface area (TPSA) is 80.3 Å². The first-order chi connectivity index (χ1) is 12.2. The molecular weight excluding hydrogens is 328 g/mol. The van der Waals surface area contributed by atoms with Gasteiger partial charge in [-0.25, -0.2) is 14.5 Å². The smallest absolute Gasteiger partial charge is 0.494 e. The lowest BCUT2D eigenvalue weighted by Crippen LogP contribution is -2.22. The van der Waals surface area contributed by atoms with Gasteiger partial charge in [-0.15, -0.1) is 0 Å². The van der Waals surface area contributed by atoms with Gasteiger partial charge in [-0.2, -0.15) is 0 Å². The molecule has 0 amide bonds. The highest BCUT2D eigenvalue weighted by molar-refractivity contribution is 5.89. The van der Waals surface area contributed by atoms with Gasteiger partial charge in [0.2, 0.25) is 0 Å². The summed E-state index contributed by atoms with van der Waals surface area (Å²) in [5.41, 5.74) is 0.243. The van der Waals surface area contributed by atoms with E-state index in [0.717, 1.165) is 44.9 Å². The van der Waals surface area contributed by atoms with Crippen LogP contribution >= 0.6 is 0 Å². The average Bonchev–Trinajstić information content (AvgIpc) is 2.63. The number of rotatable bonds is 8. The number of carbonyl (C=O) groups is 2. The normalized spacial score (nSPS) is 14.6. The van der Waals surface area contributed by atoms with Crippen LogP contribution < -0.4 is 4.74 Å². The van der Waals surface area contributed by atoms with E-state index in [1.165, 1.54) is 12.1 Å². The molecule has 7 nitrogen and oxygen atoms in total. The molecular formula is C18H24O7. The molecule has 138 valence electrons. The van der Waals surface area contributed by atoms with Gasteiger partial charge in [0.25, 0.3) is 0 Å². The maximum absolute atomic E-state index is 11.8. The van der Waals surface area contributed by atoms with Crippen LogP contribution in [0.4, 0.5) is 4.79 Å². The van der Waals surface area contributed by atoms with E-state index in [-0.39, 0.29) is 11.7 Å². The van der Waals surface area contributed by atoms with Crippen LogP contribution in [0.15, 0.2) is 24.3 Å². The summed E-state index contributed by atoms with van der Waals surface area (Å²) in [5.74, 6) is -0.121. The summed E-state index contributed by atoms with van der Waals surface area (Å²) in [6, 6.07) is 6.38. The SMILES string of the molecule is CCCCOc1ccc(C(=O)OOOC(=O)OC2CCCCC2)cc1. The van der Waals surface area contributed by atoms with Crippen molar-refractivity contribution in [3.63, 3.8) is 0 Å². The van der Waals surface area contributed by atoms with Crippen molar-refractivity contribution in [3.8, 4) is 5.75 Å². The molecule has 0 aliphatic heterocycles. The van der Waals surface area contributed by atoms with Gasteiger partial charge in [0, 0.05) is 0 Å². The van der Waals surface area contributed by atoms with Crippen molar-refractivity contribution in [2.24, 2.45) is 0 Å². The van der Waals surface area contributed by atoms with E-state index < -0.39 is 12.1 Å². The maximum Gasteiger partial charge on any atom is 0.543 e. The number of ether oxygens (including phenoxy) is 2. The largest absolute Gasteiger partial charge is 0.543 e. The van der Waals surface area contributed by atoms with E-state index in [2.05, 4.69) is 21.7 Å². The van der Waals surface area contributed by atoms with Crippen LogP contribution in [0.2, 0.25) is 0 Å². The Bertz CT molecular complexity index is 535. The minimum atomic E-state index is -1.01. The highest BCUT2D eigenvalue weighted by Gasteiger charge is 2.20. The van der Waals surface area contributed by atoms with E-state index in [4.69, 9.17) is 9.47 Å². The fourth-order valence-corrected chi connectivity index (χ4v) is 2.48. The third-order valence-corrected chi connectivity index (χ3v) is 3.88. The van der Waals surface area contributed by atoms with Crippen molar-refractivity contribution < 1.29 is 33.9 Å². The lowest BCUT2D eigenvalue weighted by molar-refractivity contribution is -0.453. The Hall–Kier alpha value is -2.28. The minimum absolute atomic E-state index is 0.166. The zero-order valence-electron chi connectivity index (χ0n) is 14.4. The van der Waals surface area contributed by atoms with Crippen LogP contribution in [0, 0.1) is 0 Å². The van der Waals surface area contributed by atoms with E-state index in [0.29, 0.717) is 12.4 Å². The molecule has 7 heteroatoms. The molecule has 0 saturated heterocycles. The zero-order chi connectivity index (χ0) is 17.9. The van der Waals surface area contributed by atoms with Crippen molar-refractivity contribution >= 4 is 12.1 Å². The molecule has 0 atom stereocenters. The summed E-state index contributed by atoms with van der Waals surface area (Å²) < 4.78 is 10.5. The Morgan fingerprint density at radius 2 is 1.76 bits per heavy atom. The number of hydrogen-bond acceptors (Lipinski definition) is 7. The van der Waals surface area contributed by atoms with Crippen LogP contribution in [0.25, 0.3) is 0 Å². The van der Waals surface area contributed by atoms with Crippen LogP contribution in [0.5, 0.6) is 5.75 Å². The molecule has 0 aromatic heterocycles. The Labute approximate surface area is 147 Å². The molecule has 1 aliphatic carbocycles. The van der Waals surface area contributed by atoms with Gasteiger partial charge in [-0.3, -0.25) is 4.89 Å². The fraction of sp³-hybridized carbons (Fsp3) is 0.556. The maximum atomic E-state index is 11.8.